The Bertz CT molecular complexity index is 964. The van der Waals surface area contributed by atoms with Gasteiger partial charge in [-0.15, -0.1) is 10.2 Å². The van der Waals surface area contributed by atoms with Crippen LogP contribution >= 0.6 is 27.7 Å². The minimum Gasteiger partial charge on any atom is -0.411 e. The van der Waals surface area contributed by atoms with E-state index in [1.807, 2.05) is 52.0 Å². The number of carbonyl (C=O) groups excluding carboxylic acids is 1. The van der Waals surface area contributed by atoms with Crippen molar-refractivity contribution in [2.75, 3.05) is 5.32 Å². The van der Waals surface area contributed by atoms with Gasteiger partial charge in [0.25, 0.3) is 5.22 Å². The van der Waals surface area contributed by atoms with Gasteiger partial charge in [0, 0.05) is 15.7 Å². The number of anilines is 1. The van der Waals surface area contributed by atoms with Gasteiger partial charge >= 0.3 is 0 Å². The van der Waals surface area contributed by atoms with Crippen LogP contribution in [0.5, 0.6) is 0 Å². The highest BCUT2D eigenvalue weighted by Crippen LogP contribution is 2.29. The zero-order valence-corrected chi connectivity index (χ0v) is 17.9. The third-order valence-corrected chi connectivity index (χ3v) is 5.48. The molecule has 5 nitrogen and oxygen atoms in total. The van der Waals surface area contributed by atoms with Gasteiger partial charge in [0.05, 0.1) is 5.25 Å². The van der Waals surface area contributed by atoms with Crippen LogP contribution in [-0.4, -0.2) is 21.4 Å². The Kier molecular flexibility index (Phi) is 6.01. The van der Waals surface area contributed by atoms with Crippen molar-refractivity contribution >= 4 is 39.3 Å². The van der Waals surface area contributed by atoms with Crippen LogP contribution in [0.15, 0.2) is 50.5 Å². The van der Waals surface area contributed by atoms with E-state index < -0.39 is 0 Å². The van der Waals surface area contributed by atoms with Gasteiger partial charge in [-0.1, -0.05) is 51.5 Å². The topological polar surface area (TPSA) is 68.0 Å². The van der Waals surface area contributed by atoms with E-state index in [9.17, 15) is 4.79 Å². The number of carbonyl (C=O) groups is 1. The van der Waals surface area contributed by atoms with Gasteiger partial charge in [-0.2, -0.15) is 0 Å². The molecule has 0 aliphatic carbocycles. The molecular weight excluding hydrogens is 426 g/mol. The van der Waals surface area contributed by atoms with Crippen LogP contribution < -0.4 is 5.32 Å². The van der Waals surface area contributed by atoms with Gasteiger partial charge < -0.3 is 9.73 Å². The molecule has 2 aromatic carbocycles. The first kappa shape index (κ1) is 19.6. The van der Waals surface area contributed by atoms with Crippen molar-refractivity contribution in [1.82, 2.24) is 10.2 Å². The maximum Gasteiger partial charge on any atom is 0.277 e. The second-order valence-electron chi connectivity index (χ2n) is 6.41. The van der Waals surface area contributed by atoms with Crippen LogP contribution in [0.4, 0.5) is 5.69 Å². The molecule has 0 unspecified atom stereocenters. The molecule has 1 atom stereocenters. The number of amides is 1. The van der Waals surface area contributed by atoms with E-state index in [0.717, 1.165) is 26.9 Å². The zero-order chi connectivity index (χ0) is 19.6. The van der Waals surface area contributed by atoms with Crippen molar-refractivity contribution < 1.29 is 9.21 Å². The minimum absolute atomic E-state index is 0.0998. The molecule has 0 aliphatic heterocycles. The molecule has 0 radical (unpaired) electrons. The first-order chi connectivity index (χ1) is 12.8. The Morgan fingerprint density at radius 2 is 1.85 bits per heavy atom. The normalized spacial score (nSPS) is 12.0. The molecule has 27 heavy (non-hydrogen) atoms. The molecule has 7 heteroatoms. The van der Waals surface area contributed by atoms with E-state index >= 15 is 0 Å². The molecule has 3 aromatic rings. The molecule has 1 aromatic heterocycles. The van der Waals surface area contributed by atoms with Gasteiger partial charge in [-0.3, -0.25) is 4.79 Å². The molecular formula is C20H20BrN3O2S. The van der Waals surface area contributed by atoms with Gasteiger partial charge in [0.1, 0.15) is 0 Å². The van der Waals surface area contributed by atoms with Crippen molar-refractivity contribution in [3.63, 3.8) is 0 Å². The van der Waals surface area contributed by atoms with Crippen molar-refractivity contribution in [2.45, 2.75) is 38.2 Å². The smallest absolute Gasteiger partial charge is 0.277 e. The molecule has 0 spiro atoms. The minimum atomic E-state index is -0.374. The predicted molar refractivity (Wildman–Crippen MR) is 112 cm³/mol. The summed E-state index contributed by atoms with van der Waals surface area (Å²) in [4.78, 5) is 12.6. The number of aryl methyl sites for hydroxylation is 3. The van der Waals surface area contributed by atoms with Gasteiger partial charge in [-0.05, 0) is 57.0 Å². The first-order valence-electron chi connectivity index (χ1n) is 8.48. The number of thioether (sulfide) groups is 1. The Hall–Kier alpha value is -2.12. The highest BCUT2D eigenvalue weighted by molar-refractivity contribution is 9.10. The molecule has 140 valence electrons. The maximum atomic E-state index is 12.6. The highest BCUT2D eigenvalue weighted by Gasteiger charge is 2.20. The molecule has 1 amide bonds. The average molecular weight is 446 g/mol. The van der Waals surface area contributed by atoms with Crippen LogP contribution in [0.3, 0.4) is 0 Å². The summed E-state index contributed by atoms with van der Waals surface area (Å²) < 4.78 is 6.63. The van der Waals surface area contributed by atoms with E-state index in [0.29, 0.717) is 11.1 Å². The fourth-order valence-corrected chi connectivity index (χ4v) is 3.88. The number of benzene rings is 2. The molecule has 0 bridgehead atoms. The second-order valence-corrected chi connectivity index (χ2v) is 8.61. The summed E-state index contributed by atoms with van der Waals surface area (Å²) in [6, 6.07) is 11.7. The lowest BCUT2D eigenvalue weighted by atomic mass is 10.1. The third-order valence-electron chi connectivity index (χ3n) is 4.05. The quantitative estimate of drug-likeness (QED) is 0.521. The fraction of sp³-hybridized carbons (Fsp3) is 0.250. The third kappa shape index (κ3) is 4.78. The van der Waals surface area contributed by atoms with Crippen molar-refractivity contribution in [3.8, 4) is 11.5 Å². The Morgan fingerprint density at radius 1 is 1.15 bits per heavy atom. The van der Waals surface area contributed by atoms with E-state index in [1.165, 1.54) is 17.3 Å². The van der Waals surface area contributed by atoms with E-state index in [2.05, 4.69) is 43.6 Å². The van der Waals surface area contributed by atoms with Crippen molar-refractivity contribution in [2.24, 2.45) is 0 Å². The van der Waals surface area contributed by atoms with E-state index in [1.54, 1.807) is 0 Å². The summed E-state index contributed by atoms with van der Waals surface area (Å²) >= 11 is 4.67. The van der Waals surface area contributed by atoms with Gasteiger partial charge in [-0.25, -0.2) is 0 Å². The number of hydrogen-bond donors (Lipinski definition) is 1. The number of nitrogens with one attached hydrogen (secondary N) is 1. The Labute approximate surface area is 171 Å². The highest BCUT2D eigenvalue weighted by atomic mass is 79.9. The largest absolute Gasteiger partial charge is 0.411 e. The van der Waals surface area contributed by atoms with Crippen LogP contribution in [0.1, 0.15) is 23.6 Å². The van der Waals surface area contributed by atoms with Gasteiger partial charge in [0.2, 0.25) is 11.8 Å². The van der Waals surface area contributed by atoms with Crippen molar-refractivity contribution in [3.05, 3.63) is 57.6 Å². The lowest BCUT2D eigenvalue weighted by Crippen LogP contribution is -2.23. The summed E-state index contributed by atoms with van der Waals surface area (Å²) in [6.45, 7) is 7.86. The number of hydrogen-bond acceptors (Lipinski definition) is 5. The summed E-state index contributed by atoms with van der Waals surface area (Å²) in [6.07, 6.45) is 0. The molecule has 0 fully saturated rings. The number of aromatic nitrogens is 2. The summed E-state index contributed by atoms with van der Waals surface area (Å²) in [5, 5.41) is 11.1. The average Bonchev–Trinajstić information content (AvgIpc) is 3.06. The fourth-order valence-electron chi connectivity index (χ4n) is 2.80. The lowest BCUT2D eigenvalue weighted by Gasteiger charge is -2.15. The molecule has 3 rings (SSSR count). The number of halogens is 1. The number of rotatable bonds is 5. The Morgan fingerprint density at radius 3 is 2.52 bits per heavy atom. The SMILES string of the molecule is Cc1cc(C)c(NC(=O)[C@@H](C)Sc2nnc(-c3cccc(Br)c3)o2)c(C)c1. The van der Waals surface area contributed by atoms with Crippen LogP contribution in [0.2, 0.25) is 0 Å². The molecule has 1 heterocycles. The van der Waals surface area contributed by atoms with Crippen molar-refractivity contribution in [1.29, 1.82) is 0 Å². The second kappa shape index (κ2) is 8.27. The molecule has 0 saturated carbocycles. The lowest BCUT2D eigenvalue weighted by molar-refractivity contribution is -0.115. The van der Waals surface area contributed by atoms with E-state index in [4.69, 9.17) is 4.42 Å². The molecule has 0 aliphatic rings. The molecule has 0 saturated heterocycles. The predicted octanol–water partition coefficient (Wildman–Crippen LogP) is 5.54. The van der Waals surface area contributed by atoms with Crippen LogP contribution in [0.25, 0.3) is 11.5 Å². The first-order valence-corrected chi connectivity index (χ1v) is 10.2. The van der Waals surface area contributed by atoms with E-state index in [-0.39, 0.29) is 11.2 Å². The molecule has 1 N–H and O–H groups in total. The van der Waals surface area contributed by atoms with Crippen LogP contribution in [0, 0.1) is 20.8 Å². The standard InChI is InChI=1S/C20H20BrN3O2S/c1-11-8-12(2)17(13(3)9-11)22-18(25)14(4)27-20-24-23-19(26-20)15-6-5-7-16(21)10-15/h5-10,14H,1-4H3,(H,22,25)/t14-/m1/s1. The summed E-state index contributed by atoms with van der Waals surface area (Å²) in [5.41, 5.74) is 4.96. The maximum absolute atomic E-state index is 12.6. The zero-order valence-electron chi connectivity index (χ0n) is 15.5. The Balaban J connectivity index is 1.69. The summed E-state index contributed by atoms with van der Waals surface area (Å²) in [7, 11) is 0. The van der Waals surface area contributed by atoms with Gasteiger partial charge in [0.15, 0.2) is 0 Å². The monoisotopic (exact) mass is 445 g/mol. The van der Waals surface area contributed by atoms with Crippen LogP contribution in [-0.2, 0) is 4.79 Å². The number of nitrogens with zero attached hydrogens (tertiary/aromatic N) is 2. The summed E-state index contributed by atoms with van der Waals surface area (Å²) in [5.74, 6) is 0.328.